The molecule has 0 atom stereocenters. The number of quaternary nitrogens is 1. The van der Waals surface area contributed by atoms with Gasteiger partial charge in [0.1, 0.15) is 0 Å². The van der Waals surface area contributed by atoms with Gasteiger partial charge in [-0.2, -0.15) is 26.3 Å². The summed E-state index contributed by atoms with van der Waals surface area (Å²) in [5, 5.41) is 0. The molecule has 0 rings (SSSR count). The number of alkyl halides is 6. The zero-order chi connectivity index (χ0) is 23.6. The first kappa shape index (κ1) is 30.6. The van der Waals surface area contributed by atoms with Gasteiger partial charge in [0.15, 0.2) is 20.0 Å². The Morgan fingerprint density at radius 3 is 1.07 bits per heavy atom. The van der Waals surface area contributed by atoms with Crippen molar-refractivity contribution < 1.29 is 47.7 Å². The van der Waals surface area contributed by atoms with Crippen LogP contribution in [0, 0.1) is 0 Å². The predicted octanol–water partition coefficient (Wildman–Crippen LogP) is 4.89. The average Bonchev–Trinajstić information content (AvgIpc) is 2.54. The van der Waals surface area contributed by atoms with E-state index in [1.807, 2.05) is 0 Å². The molecule has 0 saturated carbocycles. The van der Waals surface area contributed by atoms with Crippen LogP contribution in [0.1, 0.15) is 59.3 Å². The van der Waals surface area contributed by atoms with E-state index in [0.29, 0.717) is 0 Å². The fourth-order valence-electron chi connectivity index (χ4n) is 2.17. The second-order valence-electron chi connectivity index (χ2n) is 6.77. The molecule has 0 aliphatic heterocycles. The summed E-state index contributed by atoms with van der Waals surface area (Å²) in [6.45, 7) is 11.0. The van der Waals surface area contributed by atoms with Gasteiger partial charge in [-0.25, -0.2) is 16.8 Å². The second kappa shape index (κ2) is 12.3. The van der Waals surface area contributed by atoms with Gasteiger partial charge in [0.2, 0.25) is 0 Å². The molecule has 0 aliphatic rings. The van der Waals surface area contributed by atoms with Crippen LogP contribution in [0.15, 0.2) is 0 Å². The van der Waals surface area contributed by atoms with Crippen molar-refractivity contribution in [1.82, 2.24) is 0 Å². The van der Waals surface area contributed by atoms with Crippen molar-refractivity contribution >= 4 is 20.0 Å². The first-order chi connectivity index (χ1) is 12.9. The maximum atomic E-state index is 11.4. The molecule has 14 heteroatoms. The van der Waals surface area contributed by atoms with Crippen molar-refractivity contribution in [2.75, 3.05) is 26.7 Å². The quantitative estimate of drug-likeness (QED) is 0.311. The van der Waals surface area contributed by atoms with Crippen LogP contribution in [-0.4, -0.2) is 59.0 Å². The van der Waals surface area contributed by atoms with Crippen LogP contribution in [-0.2, 0) is 20.0 Å². The minimum atomic E-state index is -6.72. The maximum absolute atomic E-state index is 11.4. The van der Waals surface area contributed by atoms with Gasteiger partial charge in [-0.3, -0.25) is 0 Å². The Morgan fingerprint density at radius 2 is 0.897 bits per heavy atom. The second-order valence-corrected chi connectivity index (χ2v) is 10.2. The molecule has 0 bridgehead atoms. The van der Waals surface area contributed by atoms with E-state index < -0.39 is 31.1 Å². The molecule has 0 N–H and O–H groups in total. The van der Waals surface area contributed by atoms with Gasteiger partial charge in [0, 0.05) is 0 Å². The van der Waals surface area contributed by atoms with Crippen molar-refractivity contribution in [2.24, 2.45) is 0 Å². The monoisotopic (exact) mass is 480 g/mol. The van der Waals surface area contributed by atoms with E-state index in [9.17, 15) is 43.2 Å². The van der Waals surface area contributed by atoms with Gasteiger partial charge in [0.05, 0.1) is 26.7 Å². The molecule has 29 heavy (non-hydrogen) atoms. The van der Waals surface area contributed by atoms with Crippen molar-refractivity contribution in [1.29, 1.82) is 0 Å². The minimum Gasteiger partial charge on any atom is -0.421 e. The first-order valence-corrected chi connectivity index (χ1v) is 12.0. The fraction of sp³-hybridized carbons (Fsp3) is 1.00. The largest absolute Gasteiger partial charge is 0.480 e. The van der Waals surface area contributed by atoms with Crippen molar-refractivity contribution in [3.05, 3.63) is 4.13 Å². The number of hydrogen-bond acceptors (Lipinski definition) is 4. The standard InChI is InChI=1S/C13H30N.C2F6NO4S2/c1-5-8-11-14(4,12-9-6-2)13-10-7-3;3-1(4,5)14(10,11)9-15(12,13)2(6,7)8/h5-13H2,1-4H3;/q+1;-1. The lowest BCUT2D eigenvalue weighted by molar-refractivity contribution is -0.910. The molecular formula is C15H30F6N2O4S2. The Bertz CT molecular complexity index is 598. The highest BCUT2D eigenvalue weighted by Gasteiger charge is 2.46. The zero-order valence-corrected chi connectivity index (χ0v) is 18.6. The number of unbranched alkanes of at least 4 members (excludes halogenated alkanes) is 3. The van der Waals surface area contributed by atoms with E-state index in [-0.39, 0.29) is 0 Å². The highest BCUT2D eigenvalue weighted by Crippen LogP contribution is 2.36. The van der Waals surface area contributed by atoms with Crippen LogP contribution >= 0.6 is 0 Å². The molecule has 0 unspecified atom stereocenters. The van der Waals surface area contributed by atoms with Crippen LogP contribution in [0.5, 0.6) is 0 Å². The van der Waals surface area contributed by atoms with Crippen LogP contribution in [0.3, 0.4) is 0 Å². The lowest BCUT2D eigenvalue weighted by atomic mass is 10.2. The third kappa shape index (κ3) is 12.0. The van der Waals surface area contributed by atoms with Crippen LogP contribution < -0.4 is 0 Å². The lowest BCUT2D eigenvalue weighted by Crippen LogP contribution is -2.46. The molecule has 0 fully saturated rings. The van der Waals surface area contributed by atoms with Gasteiger partial charge in [0.25, 0.3) is 0 Å². The Hall–Kier alpha value is -0.600. The SMILES string of the molecule is CCCC[N+](C)(CCCC)CCCC.O=S(=O)([N-]S(=O)(=O)C(F)(F)F)C(F)(F)F. The Balaban J connectivity index is 0. The Morgan fingerprint density at radius 1 is 0.655 bits per heavy atom. The van der Waals surface area contributed by atoms with E-state index in [2.05, 4.69) is 27.8 Å². The number of halogens is 6. The van der Waals surface area contributed by atoms with Crippen molar-refractivity contribution in [2.45, 2.75) is 70.3 Å². The summed E-state index contributed by atoms with van der Waals surface area (Å²) >= 11 is 0. The van der Waals surface area contributed by atoms with Crippen LogP contribution in [0.2, 0.25) is 0 Å². The van der Waals surface area contributed by atoms with Gasteiger partial charge in [-0.05, 0) is 19.3 Å². The molecule has 6 nitrogen and oxygen atoms in total. The highest BCUT2D eigenvalue weighted by molar-refractivity contribution is 8.13. The van der Waals surface area contributed by atoms with Crippen molar-refractivity contribution in [3.63, 3.8) is 0 Å². The van der Waals surface area contributed by atoms with Crippen LogP contribution in [0.4, 0.5) is 26.3 Å². The molecule has 0 amide bonds. The molecule has 178 valence electrons. The topological polar surface area (TPSA) is 82.4 Å². The smallest absolute Gasteiger partial charge is 0.421 e. The minimum absolute atomic E-state index is 0.778. The molecule has 0 aromatic rings. The Kier molecular flexibility index (Phi) is 13.0. The summed E-state index contributed by atoms with van der Waals surface area (Å²) in [5.74, 6) is 0. The number of hydrogen-bond donors (Lipinski definition) is 0. The van der Waals surface area contributed by atoms with Gasteiger partial charge >= 0.3 is 11.0 Å². The summed E-state index contributed by atoms with van der Waals surface area (Å²) in [6, 6.07) is 0. The summed E-state index contributed by atoms with van der Waals surface area (Å²) in [7, 11) is -11.0. The average molecular weight is 481 g/mol. The van der Waals surface area contributed by atoms with E-state index in [1.165, 1.54) is 62.6 Å². The molecular weight excluding hydrogens is 450 g/mol. The summed E-state index contributed by atoms with van der Waals surface area (Å²) in [6.07, 6.45) is 8.20. The van der Waals surface area contributed by atoms with Gasteiger partial charge < -0.3 is 8.61 Å². The zero-order valence-electron chi connectivity index (χ0n) is 17.0. The van der Waals surface area contributed by atoms with Gasteiger partial charge in [-0.1, -0.05) is 40.0 Å². The molecule has 0 aromatic heterocycles. The highest BCUT2D eigenvalue weighted by atomic mass is 32.3. The predicted molar refractivity (Wildman–Crippen MR) is 98.8 cm³/mol. The molecule has 0 saturated heterocycles. The van der Waals surface area contributed by atoms with E-state index in [4.69, 9.17) is 0 Å². The number of rotatable bonds is 11. The van der Waals surface area contributed by atoms with E-state index in [1.54, 1.807) is 0 Å². The van der Waals surface area contributed by atoms with Crippen molar-refractivity contribution in [3.8, 4) is 0 Å². The third-order valence-corrected chi connectivity index (χ3v) is 6.68. The third-order valence-electron chi connectivity index (χ3n) is 3.94. The molecule has 0 radical (unpaired) electrons. The maximum Gasteiger partial charge on any atom is 0.480 e. The fourth-order valence-corrected chi connectivity index (χ4v) is 3.88. The molecule has 0 spiro atoms. The van der Waals surface area contributed by atoms with E-state index in [0.717, 1.165) is 4.13 Å². The van der Waals surface area contributed by atoms with Gasteiger partial charge in [-0.15, -0.1) is 0 Å². The summed E-state index contributed by atoms with van der Waals surface area (Å²) < 4.78 is 110. The first-order valence-electron chi connectivity index (χ1n) is 9.09. The number of nitrogens with zero attached hydrogens (tertiary/aromatic N) is 2. The molecule has 0 aromatic carbocycles. The normalized spacial score (nSPS) is 13.7. The molecule has 0 aliphatic carbocycles. The lowest BCUT2D eigenvalue weighted by Gasteiger charge is -2.34. The van der Waals surface area contributed by atoms with E-state index >= 15 is 0 Å². The number of sulfonamides is 2. The summed E-state index contributed by atoms with van der Waals surface area (Å²) in [5.41, 5.74) is -12.4. The Labute approximate surface area is 169 Å². The molecule has 0 heterocycles. The van der Waals surface area contributed by atoms with Crippen LogP contribution in [0.25, 0.3) is 4.13 Å². The summed E-state index contributed by atoms with van der Waals surface area (Å²) in [4.78, 5) is 0.